The van der Waals surface area contributed by atoms with Gasteiger partial charge in [0, 0.05) is 18.8 Å². The second-order valence-corrected chi connectivity index (χ2v) is 7.21. The van der Waals surface area contributed by atoms with Gasteiger partial charge < -0.3 is 15.5 Å². The average Bonchev–Trinajstić information content (AvgIpc) is 2.62. The van der Waals surface area contributed by atoms with Crippen molar-refractivity contribution in [1.82, 2.24) is 5.32 Å². The molecule has 0 heterocycles. The minimum atomic E-state index is -3.03. The van der Waals surface area contributed by atoms with Crippen LogP contribution in [0.25, 0.3) is 0 Å². The molecule has 0 aromatic rings. The topological polar surface area (TPSA) is 86.6 Å². The maximum atomic E-state index is 11.5. The molecule has 6 heteroatoms. The monoisotopic (exact) mass is 251 g/mol. The van der Waals surface area contributed by atoms with Gasteiger partial charge in [-0.2, -0.15) is 0 Å². The van der Waals surface area contributed by atoms with Crippen molar-refractivity contribution in [3.8, 4) is 0 Å². The molecule has 0 bridgehead atoms. The molecule has 1 rings (SSSR count). The van der Waals surface area contributed by atoms with Crippen molar-refractivity contribution in [3.63, 3.8) is 0 Å². The van der Waals surface area contributed by atoms with Crippen LogP contribution in [0, 0.1) is 0 Å². The Hall–Kier alpha value is -0.170. The summed E-state index contributed by atoms with van der Waals surface area (Å²) in [5, 5.41) is 21.2. The number of sulfone groups is 1. The highest BCUT2D eigenvalue weighted by Gasteiger charge is 2.35. The van der Waals surface area contributed by atoms with Crippen LogP contribution < -0.4 is 5.32 Å². The lowest BCUT2D eigenvalue weighted by atomic mass is 10.1. The Bertz CT molecular complexity index is 326. The first-order chi connectivity index (χ1) is 7.26. The zero-order chi connectivity index (χ0) is 12.4. The van der Waals surface area contributed by atoms with Gasteiger partial charge in [-0.25, -0.2) is 8.42 Å². The van der Waals surface area contributed by atoms with E-state index in [4.69, 9.17) is 5.11 Å². The molecular weight excluding hydrogens is 230 g/mol. The molecule has 0 aromatic carbocycles. The van der Waals surface area contributed by atoms with E-state index < -0.39 is 15.4 Å². The lowest BCUT2D eigenvalue weighted by Gasteiger charge is -2.26. The average molecular weight is 251 g/mol. The Morgan fingerprint density at radius 2 is 2.06 bits per heavy atom. The van der Waals surface area contributed by atoms with Gasteiger partial charge in [0.2, 0.25) is 0 Å². The molecule has 5 nitrogen and oxygen atoms in total. The van der Waals surface area contributed by atoms with Crippen molar-refractivity contribution in [3.05, 3.63) is 0 Å². The van der Waals surface area contributed by atoms with Crippen LogP contribution in [0.1, 0.15) is 26.2 Å². The predicted octanol–water partition coefficient (Wildman–Crippen LogP) is -0.715. The molecule has 1 fully saturated rings. The third kappa shape index (κ3) is 3.69. The molecular formula is C10H21NO4S. The SMILES string of the molecule is CC(O)(CO)CNC1CCCC1S(C)(=O)=O. The van der Waals surface area contributed by atoms with Gasteiger partial charge in [-0.1, -0.05) is 6.42 Å². The molecule has 0 radical (unpaired) electrons. The zero-order valence-electron chi connectivity index (χ0n) is 9.81. The van der Waals surface area contributed by atoms with Crippen LogP contribution in [0.5, 0.6) is 0 Å². The summed E-state index contributed by atoms with van der Waals surface area (Å²) in [5.41, 5.74) is -1.19. The van der Waals surface area contributed by atoms with E-state index in [2.05, 4.69) is 5.32 Å². The summed E-state index contributed by atoms with van der Waals surface area (Å²) in [6, 6.07) is -0.104. The quantitative estimate of drug-likeness (QED) is 0.600. The largest absolute Gasteiger partial charge is 0.393 e. The highest BCUT2D eigenvalue weighted by atomic mass is 32.2. The van der Waals surface area contributed by atoms with E-state index in [1.54, 1.807) is 0 Å². The van der Waals surface area contributed by atoms with Crippen molar-refractivity contribution in [1.29, 1.82) is 0 Å². The minimum absolute atomic E-state index is 0.104. The van der Waals surface area contributed by atoms with Gasteiger partial charge in [-0.05, 0) is 19.8 Å². The fourth-order valence-electron chi connectivity index (χ4n) is 2.08. The number of rotatable bonds is 5. The summed E-state index contributed by atoms with van der Waals surface area (Å²) in [4.78, 5) is 0. The van der Waals surface area contributed by atoms with Crippen LogP contribution in [0.2, 0.25) is 0 Å². The summed E-state index contributed by atoms with van der Waals surface area (Å²) in [7, 11) is -3.03. The summed E-state index contributed by atoms with van der Waals surface area (Å²) >= 11 is 0. The molecule has 3 unspecified atom stereocenters. The van der Waals surface area contributed by atoms with Gasteiger partial charge in [0.15, 0.2) is 9.84 Å². The Morgan fingerprint density at radius 1 is 1.44 bits per heavy atom. The molecule has 0 aromatic heterocycles. The predicted molar refractivity (Wildman–Crippen MR) is 62.0 cm³/mol. The number of aliphatic hydroxyl groups excluding tert-OH is 1. The highest BCUT2D eigenvalue weighted by Crippen LogP contribution is 2.25. The fourth-order valence-corrected chi connectivity index (χ4v) is 3.50. The molecule has 3 atom stereocenters. The maximum Gasteiger partial charge on any atom is 0.151 e. The lowest BCUT2D eigenvalue weighted by molar-refractivity contribution is 0.000942. The lowest BCUT2D eigenvalue weighted by Crippen LogP contribution is -2.48. The molecule has 16 heavy (non-hydrogen) atoms. The van der Waals surface area contributed by atoms with Crippen molar-refractivity contribution in [2.24, 2.45) is 0 Å². The van der Waals surface area contributed by atoms with Gasteiger partial charge in [0.05, 0.1) is 17.5 Å². The molecule has 0 amide bonds. The summed E-state index contributed by atoms with van der Waals surface area (Å²) in [6.45, 7) is 1.39. The van der Waals surface area contributed by atoms with Gasteiger partial charge >= 0.3 is 0 Å². The van der Waals surface area contributed by atoms with E-state index in [1.165, 1.54) is 13.2 Å². The Balaban J connectivity index is 2.55. The third-order valence-corrected chi connectivity index (χ3v) is 4.75. The van der Waals surface area contributed by atoms with Crippen molar-refractivity contribution in [2.45, 2.75) is 43.1 Å². The van der Waals surface area contributed by atoms with Crippen molar-refractivity contribution >= 4 is 9.84 Å². The highest BCUT2D eigenvalue weighted by molar-refractivity contribution is 7.91. The van der Waals surface area contributed by atoms with E-state index in [1.807, 2.05) is 0 Å². The number of nitrogens with one attached hydrogen (secondary N) is 1. The summed E-state index contributed by atoms with van der Waals surface area (Å²) in [5.74, 6) is 0. The van der Waals surface area contributed by atoms with E-state index in [0.29, 0.717) is 6.42 Å². The van der Waals surface area contributed by atoms with E-state index in [9.17, 15) is 13.5 Å². The molecule has 96 valence electrons. The smallest absolute Gasteiger partial charge is 0.151 e. The van der Waals surface area contributed by atoms with Gasteiger partial charge in [0.25, 0.3) is 0 Å². The second kappa shape index (κ2) is 5.00. The van der Waals surface area contributed by atoms with Crippen LogP contribution in [0.4, 0.5) is 0 Å². The van der Waals surface area contributed by atoms with Crippen molar-refractivity contribution < 1.29 is 18.6 Å². The van der Waals surface area contributed by atoms with Crippen LogP contribution in [0.15, 0.2) is 0 Å². The fraction of sp³-hybridized carbons (Fsp3) is 1.00. The Labute approximate surface area is 96.8 Å². The minimum Gasteiger partial charge on any atom is -0.393 e. The molecule has 0 aliphatic heterocycles. The normalized spacial score (nSPS) is 30.2. The first kappa shape index (κ1) is 13.9. The zero-order valence-corrected chi connectivity index (χ0v) is 10.6. The van der Waals surface area contributed by atoms with Gasteiger partial charge in [-0.15, -0.1) is 0 Å². The first-order valence-corrected chi connectivity index (χ1v) is 7.47. The third-order valence-electron chi connectivity index (χ3n) is 3.09. The van der Waals surface area contributed by atoms with Crippen LogP contribution in [-0.4, -0.2) is 54.9 Å². The molecule has 3 N–H and O–H groups in total. The van der Waals surface area contributed by atoms with Gasteiger partial charge in [0.1, 0.15) is 0 Å². The van der Waals surface area contributed by atoms with Crippen molar-refractivity contribution in [2.75, 3.05) is 19.4 Å². The Kier molecular flexibility index (Phi) is 4.34. The molecule has 0 spiro atoms. The van der Waals surface area contributed by atoms with E-state index >= 15 is 0 Å². The number of hydrogen-bond acceptors (Lipinski definition) is 5. The number of aliphatic hydroxyl groups is 2. The summed E-state index contributed by atoms with van der Waals surface area (Å²) < 4.78 is 23.0. The second-order valence-electron chi connectivity index (χ2n) is 4.94. The number of hydrogen-bond donors (Lipinski definition) is 3. The molecule has 1 aliphatic rings. The maximum absolute atomic E-state index is 11.5. The Morgan fingerprint density at radius 3 is 2.56 bits per heavy atom. The summed E-state index contributed by atoms with van der Waals surface area (Å²) in [6.07, 6.45) is 3.62. The molecule has 1 aliphatic carbocycles. The van der Waals surface area contributed by atoms with E-state index in [0.717, 1.165) is 12.8 Å². The van der Waals surface area contributed by atoms with E-state index in [-0.39, 0.29) is 24.4 Å². The van der Waals surface area contributed by atoms with Crippen LogP contribution >= 0.6 is 0 Å². The molecule has 0 saturated heterocycles. The first-order valence-electron chi connectivity index (χ1n) is 5.52. The standard InChI is InChI=1S/C10H21NO4S/c1-10(13,7-12)6-11-8-4-3-5-9(8)16(2,14)15/h8-9,11-13H,3-7H2,1-2H3. The van der Waals surface area contributed by atoms with Crippen LogP contribution in [-0.2, 0) is 9.84 Å². The molecule has 1 saturated carbocycles. The van der Waals surface area contributed by atoms with Crippen LogP contribution in [0.3, 0.4) is 0 Å². The van der Waals surface area contributed by atoms with Gasteiger partial charge in [-0.3, -0.25) is 0 Å².